The fraction of sp³-hybridized carbons (Fsp3) is 0.229. The molecule has 8 rings (SSSR count). The maximum absolute atomic E-state index is 14.5. The SMILES string of the molecule is N#Cc1cccc(-c2ccc(C3(c4nc5cc(F)c(C(F)(F)F)cc5[nH]4)CC34CCN(c3nc5ccccc5s3)CC4)cc2)c1. The van der Waals surface area contributed by atoms with E-state index >= 15 is 0 Å². The first-order chi connectivity index (χ1) is 21.7. The van der Waals surface area contributed by atoms with Crippen molar-refractivity contribution in [1.82, 2.24) is 15.0 Å². The minimum absolute atomic E-state index is 0.164. The number of aromatic amines is 1. The molecular formula is C35H25F4N5S. The number of benzene rings is 4. The molecule has 2 fully saturated rings. The van der Waals surface area contributed by atoms with Crippen molar-refractivity contribution in [2.24, 2.45) is 5.41 Å². The van der Waals surface area contributed by atoms with Gasteiger partial charge in [-0.2, -0.15) is 18.4 Å². The van der Waals surface area contributed by atoms with Crippen LogP contribution in [-0.2, 0) is 11.6 Å². The third-order valence-electron chi connectivity index (χ3n) is 9.64. The number of aromatic nitrogens is 3. The number of hydrogen-bond acceptors (Lipinski definition) is 5. The Kier molecular flexibility index (Phi) is 6.10. The summed E-state index contributed by atoms with van der Waals surface area (Å²) in [5.74, 6) is -0.774. The Balaban J connectivity index is 1.18. The van der Waals surface area contributed by atoms with Crippen molar-refractivity contribution < 1.29 is 17.6 Å². The number of piperidine rings is 1. The molecule has 4 aromatic carbocycles. The van der Waals surface area contributed by atoms with Crippen LogP contribution in [0.1, 0.15) is 41.8 Å². The summed E-state index contributed by atoms with van der Waals surface area (Å²) in [5, 5.41) is 10.3. The Morgan fingerprint density at radius 2 is 1.64 bits per heavy atom. The number of anilines is 1. The molecule has 10 heteroatoms. The lowest BCUT2D eigenvalue weighted by Gasteiger charge is -2.35. The van der Waals surface area contributed by atoms with E-state index in [2.05, 4.69) is 34.2 Å². The van der Waals surface area contributed by atoms with Gasteiger partial charge in [-0.1, -0.05) is 59.9 Å². The van der Waals surface area contributed by atoms with Crippen molar-refractivity contribution in [3.63, 3.8) is 0 Å². The van der Waals surface area contributed by atoms with Crippen LogP contribution in [0.25, 0.3) is 32.4 Å². The molecule has 1 unspecified atom stereocenters. The second-order valence-corrected chi connectivity index (χ2v) is 13.0. The summed E-state index contributed by atoms with van der Waals surface area (Å²) in [5.41, 5.74) is 2.70. The second-order valence-electron chi connectivity index (χ2n) is 12.0. The molecule has 1 N–H and O–H groups in total. The number of H-pyrrole nitrogens is 1. The third kappa shape index (κ3) is 4.40. The molecule has 1 aliphatic carbocycles. The fourth-order valence-corrected chi connectivity index (χ4v) is 8.25. The molecule has 224 valence electrons. The zero-order chi connectivity index (χ0) is 31.0. The molecule has 5 nitrogen and oxygen atoms in total. The van der Waals surface area contributed by atoms with E-state index < -0.39 is 23.0 Å². The molecule has 2 aromatic heterocycles. The van der Waals surface area contributed by atoms with E-state index in [0.717, 1.165) is 76.5 Å². The van der Waals surface area contributed by atoms with Crippen molar-refractivity contribution in [3.05, 3.63) is 113 Å². The van der Waals surface area contributed by atoms with Crippen LogP contribution in [-0.4, -0.2) is 28.0 Å². The first-order valence-electron chi connectivity index (χ1n) is 14.7. The molecule has 6 aromatic rings. The van der Waals surface area contributed by atoms with E-state index in [1.54, 1.807) is 17.4 Å². The number of fused-ring (bicyclic) bond motifs is 2. The van der Waals surface area contributed by atoms with Crippen molar-refractivity contribution in [1.29, 1.82) is 5.26 Å². The molecule has 0 amide bonds. The highest BCUT2D eigenvalue weighted by atomic mass is 32.1. The van der Waals surface area contributed by atoms with Crippen LogP contribution in [0.3, 0.4) is 0 Å². The van der Waals surface area contributed by atoms with Crippen molar-refractivity contribution in [2.45, 2.75) is 30.9 Å². The van der Waals surface area contributed by atoms with E-state index in [1.165, 1.54) is 0 Å². The van der Waals surface area contributed by atoms with Crippen molar-refractivity contribution in [2.75, 3.05) is 18.0 Å². The van der Waals surface area contributed by atoms with E-state index in [-0.39, 0.29) is 16.4 Å². The summed E-state index contributed by atoms with van der Waals surface area (Å²) in [7, 11) is 0. The summed E-state index contributed by atoms with van der Waals surface area (Å²) in [6, 6.07) is 27.5. The van der Waals surface area contributed by atoms with Crippen LogP contribution in [0.5, 0.6) is 0 Å². The van der Waals surface area contributed by atoms with Gasteiger partial charge >= 0.3 is 6.18 Å². The number of para-hydroxylation sites is 1. The smallest absolute Gasteiger partial charge is 0.348 e. The van der Waals surface area contributed by atoms with Crippen molar-refractivity contribution in [3.8, 4) is 17.2 Å². The first-order valence-corrected chi connectivity index (χ1v) is 15.5. The van der Waals surface area contributed by atoms with Crippen molar-refractivity contribution >= 4 is 37.7 Å². The first kappa shape index (κ1) is 27.8. The van der Waals surface area contributed by atoms with Gasteiger partial charge in [-0.3, -0.25) is 0 Å². The highest BCUT2D eigenvalue weighted by Gasteiger charge is 2.70. The van der Waals surface area contributed by atoms with E-state index in [9.17, 15) is 22.8 Å². The normalized spacial score (nSPS) is 19.3. The number of imidazole rings is 1. The Labute approximate surface area is 259 Å². The van der Waals surface area contributed by atoms with Gasteiger partial charge in [0.1, 0.15) is 11.6 Å². The predicted octanol–water partition coefficient (Wildman–Crippen LogP) is 8.85. The van der Waals surface area contributed by atoms with Gasteiger partial charge in [0.05, 0.1) is 43.9 Å². The number of nitrogens with zero attached hydrogens (tertiary/aromatic N) is 4. The standard InChI is InChI=1S/C35H25F4N5S/c36-26-18-29-28(17-25(26)35(37,38)39)41-31(42-29)34(24-10-8-22(9-11-24)23-5-3-4-21(16-23)19-40)20-33(34)12-14-44(15-13-33)32-43-27-6-1-2-7-30(27)45-32/h1-11,16-18H,12-15,20H2,(H,41,42). The minimum atomic E-state index is -4.81. The lowest BCUT2D eigenvalue weighted by Crippen LogP contribution is -2.38. The highest BCUT2D eigenvalue weighted by Crippen LogP contribution is 2.72. The highest BCUT2D eigenvalue weighted by molar-refractivity contribution is 7.22. The summed E-state index contributed by atoms with van der Waals surface area (Å²) in [6.45, 7) is 1.57. The van der Waals surface area contributed by atoms with Crippen LogP contribution in [0, 0.1) is 22.6 Å². The summed E-state index contributed by atoms with van der Waals surface area (Å²) >= 11 is 1.68. The van der Waals surface area contributed by atoms with Crippen LogP contribution in [0.15, 0.2) is 84.9 Å². The average molecular weight is 624 g/mol. The van der Waals surface area contributed by atoms with Gasteiger partial charge < -0.3 is 9.88 Å². The number of thiazole rings is 1. The molecule has 0 bridgehead atoms. The number of nitriles is 1. The molecular weight excluding hydrogens is 598 g/mol. The monoisotopic (exact) mass is 623 g/mol. The van der Waals surface area contributed by atoms with E-state index in [4.69, 9.17) is 9.97 Å². The van der Waals surface area contributed by atoms with Crippen LogP contribution in [0.2, 0.25) is 0 Å². The van der Waals surface area contributed by atoms with Gasteiger partial charge in [0.2, 0.25) is 0 Å². The number of halogens is 4. The van der Waals surface area contributed by atoms with Gasteiger partial charge in [0.25, 0.3) is 0 Å². The second kappa shape index (κ2) is 9.88. The Hall–Kier alpha value is -4.75. The van der Waals surface area contributed by atoms with Gasteiger partial charge in [-0.05, 0) is 71.7 Å². The lowest BCUT2D eigenvalue weighted by molar-refractivity contribution is -0.139. The van der Waals surface area contributed by atoms with Gasteiger partial charge in [-0.15, -0.1) is 0 Å². The molecule has 2 aliphatic rings. The van der Waals surface area contributed by atoms with Crippen LogP contribution >= 0.6 is 11.3 Å². The Bertz CT molecular complexity index is 2100. The molecule has 1 atom stereocenters. The summed E-state index contributed by atoms with van der Waals surface area (Å²) < 4.78 is 56.3. The van der Waals surface area contributed by atoms with Gasteiger partial charge in [0.15, 0.2) is 5.13 Å². The molecule has 1 aliphatic heterocycles. The molecule has 45 heavy (non-hydrogen) atoms. The Morgan fingerprint density at radius 3 is 2.38 bits per heavy atom. The zero-order valence-corrected chi connectivity index (χ0v) is 24.6. The fourth-order valence-electron chi connectivity index (χ4n) is 7.23. The molecule has 3 heterocycles. The Morgan fingerprint density at radius 1 is 0.867 bits per heavy atom. The predicted molar refractivity (Wildman–Crippen MR) is 167 cm³/mol. The van der Waals surface area contributed by atoms with E-state index in [1.807, 2.05) is 48.5 Å². The number of rotatable bonds is 4. The molecule has 1 saturated carbocycles. The van der Waals surface area contributed by atoms with Gasteiger partial charge in [0, 0.05) is 19.2 Å². The molecule has 0 radical (unpaired) electrons. The average Bonchev–Trinajstić information content (AvgIpc) is 3.31. The maximum atomic E-state index is 14.5. The molecule has 1 spiro atoms. The number of hydrogen-bond donors (Lipinski definition) is 1. The minimum Gasteiger partial charge on any atom is -0.348 e. The number of nitrogens with one attached hydrogen (secondary N) is 1. The largest absolute Gasteiger partial charge is 0.419 e. The lowest BCUT2D eigenvalue weighted by atomic mass is 9.79. The summed E-state index contributed by atoms with van der Waals surface area (Å²) in [4.78, 5) is 15.1. The maximum Gasteiger partial charge on any atom is 0.419 e. The summed E-state index contributed by atoms with van der Waals surface area (Å²) in [6.07, 6.45) is -2.36. The van der Waals surface area contributed by atoms with Crippen LogP contribution < -0.4 is 4.90 Å². The van der Waals surface area contributed by atoms with E-state index in [0.29, 0.717) is 11.4 Å². The van der Waals surface area contributed by atoms with Crippen LogP contribution in [0.4, 0.5) is 22.7 Å². The molecule has 1 saturated heterocycles. The quantitative estimate of drug-likeness (QED) is 0.199. The zero-order valence-electron chi connectivity index (χ0n) is 23.8. The van der Waals surface area contributed by atoms with Gasteiger partial charge in [-0.25, -0.2) is 14.4 Å². The number of alkyl halides is 3. The topological polar surface area (TPSA) is 68.6 Å². The third-order valence-corrected chi connectivity index (χ3v) is 10.7.